The molecule has 0 saturated carbocycles. The number of hydrogen-bond acceptors (Lipinski definition) is 4. The molecule has 7 heteroatoms. The minimum absolute atomic E-state index is 0.0753. The molecule has 98 valence electrons. The van der Waals surface area contributed by atoms with Gasteiger partial charge in [-0.05, 0) is 5.92 Å². The van der Waals surface area contributed by atoms with Crippen LogP contribution in [0, 0.1) is 5.92 Å². The summed E-state index contributed by atoms with van der Waals surface area (Å²) >= 11 is 0. The summed E-state index contributed by atoms with van der Waals surface area (Å²) in [6.45, 7) is 4.68. The molecule has 2 aromatic heterocycles. The lowest BCUT2D eigenvalue weighted by atomic mass is 10.2. The number of aliphatic hydroxyl groups is 1. The minimum atomic E-state index is -0.494. The number of fused-ring (bicyclic) bond motifs is 1. The fourth-order valence-electron chi connectivity index (χ4n) is 1.94. The van der Waals surface area contributed by atoms with Crippen LogP contribution in [-0.4, -0.2) is 30.8 Å². The van der Waals surface area contributed by atoms with Gasteiger partial charge < -0.3 is 9.67 Å². The van der Waals surface area contributed by atoms with Gasteiger partial charge in [0.2, 0.25) is 0 Å². The Balaban J connectivity index is 2.76. The van der Waals surface area contributed by atoms with Crippen molar-refractivity contribution in [1.29, 1.82) is 0 Å². The topological polar surface area (TPSA) is 92.9 Å². The van der Waals surface area contributed by atoms with Crippen molar-refractivity contribution < 1.29 is 5.11 Å². The monoisotopic (exact) mass is 252 g/mol. The standard InChI is InChI=1S/C11H16N4O3/c1-7(2)5-15-10-8(9(17)13-11(15)18)12-6-14(10)3-4-16/h6-7,16H,3-5H2,1-2H3,(H,13,17,18). The Morgan fingerprint density at radius 1 is 1.44 bits per heavy atom. The molecule has 0 saturated heterocycles. The van der Waals surface area contributed by atoms with Gasteiger partial charge in [0.1, 0.15) is 5.65 Å². The molecule has 0 amide bonds. The molecule has 0 unspecified atom stereocenters. The van der Waals surface area contributed by atoms with Crippen LogP contribution in [-0.2, 0) is 13.1 Å². The van der Waals surface area contributed by atoms with Crippen LogP contribution in [0.5, 0.6) is 0 Å². The molecule has 2 aromatic rings. The zero-order valence-electron chi connectivity index (χ0n) is 10.4. The van der Waals surface area contributed by atoms with Crippen LogP contribution in [0.25, 0.3) is 11.2 Å². The average molecular weight is 252 g/mol. The number of H-pyrrole nitrogens is 1. The SMILES string of the molecule is CC(C)Cn1c(=O)[nH]c(=O)c2ncn(CCO)c21. The van der Waals surface area contributed by atoms with E-state index in [1.165, 1.54) is 10.9 Å². The molecular formula is C11H16N4O3. The first-order valence-electron chi connectivity index (χ1n) is 5.83. The van der Waals surface area contributed by atoms with Gasteiger partial charge in [-0.25, -0.2) is 9.78 Å². The fourth-order valence-corrected chi connectivity index (χ4v) is 1.94. The predicted octanol–water partition coefficient (Wildman–Crippen LogP) is -0.465. The lowest BCUT2D eigenvalue weighted by molar-refractivity contribution is 0.277. The molecule has 0 spiro atoms. The molecule has 2 N–H and O–H groups in total. The Bertz CT molecular complexity index is 665. The Hall–Kier alpha value is -1.89. The summed E-state index contributed by atoms with van der Waals surface area (Å²) in [6, 6.07) is 0. The predicted molar refractivity (Wildman–Crippen MR) is 66.5 cm³/mol. The van der Waals surface area contributed by atoms with E-state index in [1.807, 2.05) is 13.8 Å². The molecule has 0 aliphatic carbocycles. The van der Waals surface area contributed by atoms with Gasteiger partial charge in [0.25, 0.3) is 5.56 Å². The number of imidazole rings is 1. The zero-order valence-corrected chi connectivity index (χ0v) is 10.4. The lowest BCUT2D eigenvalue weighted by Crippen LogP contribution is -2.32. The van der Waals surface area contributed by atoms with Crippen LogP contribution in [0.1, 0.15) is 13.8 Å². The van der Waals surface area contributed by atoms with Crippen molar-refractivity contribution in [3.63, 3.8) is 0 Å². The van der Waals surface area contributed by atoms with Crippen LogP contribution in [0.15, 0.2) is 15.9 Å². The molecule has 0 aliphatic heterocycles. The smallest absolute Gasteiger partial charge is 0.330 e. The van der Waals surface area contributed by atoms with E-state index < -0.39 is 11.2 Å². The van der Waals surface area contributed by atoms with Gasteiger partial charge in [-0.2, -0.15) is 0 Å². The van der Waals surface area contributed by atoms with Crippen molar-refractivity contribution in [2.45, 2.75) is 26.9 Å². The molecule has 0 radical (unpaired) electrons. The first-order valence-corrected chi connectivity index (χ1v) is 5.83. The normalized spacial score (nSPS) is 11.6. The van der Waals surface area contributed by atoms with Crippen molar-refractivity contribution in [2.75, 3.05) is 6.61 Å². The summed E-state index contributed by atoms with van der Waals surface area (Å²) in [5, 5.41) is 8.99. The van der Waals surface area contributed by atoms with E-state index in [9.17, 15) is 9.59 Å². The van der Waals surface area contributed by atoms with Gasteiger partial charge >= 0.3 is 5.69 Å². The zero-order chi connectivity index (χ0) is 13.3. The van der Waals surface area contributed by atoms with Crippen LogP contribution < -0.4 is 11.2 Å². The van der Waals surface area contributed by atoms with E-state index in [2.05, 4.69) is 9.97 Å². The van der Waals surface area contributed by atoms with Crippen molar-refractivity contribution in [2.24, 2.45) is 5.92 Å². The number of rotatable bonds is 4. The Morgan fingerprint density at radius 2 is 2.17 bits per heavy atom. The van der Waals surface area contributed by atoms with E-state index in [0.717, 1.165) is 0 Å². The summed E-state index contributed by atoms with van der Waals surface area (Å²) in [4.78, 5) is 29.7. The molecule has 0 aliphatic rings. The Kier molecular flexibility index (Phi) is 3.33. The van der Waals surface area contributed by atoms with Gasteiger partial charge in [0.15, 0.2) is 5.52 Å². The quantitative estimate of drug-likeness (QED) is 0.769. The van der Waals surface area contributed by atoms with Gasteiger partial charge in [-0.1, -0.05) is 13.8 Å². The highest BCUT2D eigenvalue weighted by Gasteiger charge is 2.14. The number of aromatic amines is 1. The van der Waals surface area contributed by atoms with E-state index in [0.29, 0.717) is 18.7 Å². The third-order valence-corrected chi connectivity index (χ3v) is 2.64. The maximum atomic E-state index is 11.8. The van der Waals surface area contributed by atoms with E-state index in [-0.39, 0.29) is 18.0 Å². The van der Waals surface area contributed by atoms with E-state index in [4.69, 9.17) is 5.11 Å². The number of hydrogen-bond donors (Lipinski definition) is 2. The summed E-state index contributed by atoms with van der Waals surface area (Å²) in [7, 11) is 0. The second kappa shape index (κ2) is 4.77. The fraction of sp³-hybridized carbons (Fsp3) is 0.545. The van der Waals surface area contributed by atoms with Crippen LogP contribution in [0.3, 0.4) is 0 Å². The van der Waals surface area contributed by atoms with Crippen molar-refractivity contribution in [1.82, 2.24) is 19.1 Å². The van der Waals surface area contributed by atoms with Gasteiger partial charge in [0.05, 0.1) is 12.9 Å². The Labute approximate surface area is 103 Å². The van der Waals surface area contributed by atoms with Crippen molar-refractivity contribution in [3.8, 4) is 0 Å². The van der Waals surface area contributed by atoms with Crippen LogP contribution >= 0.6 is 0 Å². The number of nitrogens with zero attached hydrogens (tertiary/aromatic N) is 3. The van der Waals surface area contributed by atoms with Crippen LogP contribution in [0.2, 0.25) is 0 Å². The average Bonchev–Trinajstić information content (AvgIpc) is 2.69. The summed E-state index contributed by atoms with van der Waals surface area (Å²) in [6.07, 6.45) is 1.46. The van der Waals surface area contributed by atoms with Gasteiger partial charge in [0, 0.05) is 13.1 Å². The molecule has 0 fully saturated rings. The second-order valence-electron chi connectivity index (χ2n) is 4.60. The summed E-state index contributed by atoms with van der Waals surface area (Å²) in [5.41, 5.74) is -0.247. The van der Waals surface area contributed by atoms with Gasteiger partial charge in [-0.15, -0.1) is 0 Å². The summed E-state index contributed by atoms with van der Waals surface area (Å²) < 4.78 is 3.11. The second-order valence-corrected chi connectivity index (χ2v) is 4.60. The molecule has 0 bridgehead atoms. The first-order chi connectivity index (χ1) is 8.54. The molecule has 0 atom stereocenters. The maximum absolute atomic E-state index is 11.8. The van der Waals surface area contributed by atoms with Crippen LogP contribution in [0.4, 0.5) is 0 Å². The highest BCUT2D eigenvalue weighted by atomic mass is 16.3. The van der Waals surface area contributed by atoms with E-state index in [1.54, 1.807) is 4.57 Å². The third kappa shape index (κ3) is 2.08. The van der Waals surface area contributed by atoms with Gasteiger partial charge in [-0.3, -0.25) is 14.3 Å². The highest BCUT2D eigenvalue weighted by molar-refractivity contribution is 5.69. The lowest BCUT2D eigenvalue weighted by Gasteiger charge is -2.11. The van der Waals surface area contributed by atoms with Crippen molar-refractivity contribution in [3.05, 3.63) is 27.2 Å². The van der Waals surface area contributed by atoms with E-state index >= 15 is 0 Å². The molecule has 7 nitrogen and oxygen atoms in total. The first kappa shape index (κ1) is 12.6. The largest absolute Gasteiger partial charge is 0.395 e. The molecule has 0 aromatic carbocycles. The molecular weight excluding hydrogens is 236 g/mol. The molecule has 18 heavy (non-hydrogen) atoms. The third-order valence-electron chi connectivity index (χ3n) is 2.64. The number of aromatic nitrogens is 4. The number of aliphatic hydroxyl groups excluding tert-OH is 1. The molecule has 2 heterocycles. The molecule has 2 rings (SSSR count). The maximum Gasteiger partial charge on any atom is 0.330 e. The minimum Gasteiger partial charge on any atom is -0.395 e. The number of nitrogens with one attached hydrogen (secondary N) is 1. The van der Waals surface area contributed by atoms with Crippen molar-refractivity contribution >= 4 is 11.2 Å². The highest BCUT2D eigenvalue weighted by Crippen LogP contribution is 2.08. The Morgan fingerprint density at radius 3 is 2.78 bits per heavy atom. The summed E-state index contributed by atoms with van der Waals surface area (Å²) in [5.74, 6) is 0.259.